The minimum Gasteiger partial charge on any atom is -0.479 e. The molecule has 1 saturated heterocycles. The average Bonchev–Trinajstić information content (AvgIpc) is 2.61. The monoisotopic (exact) mass is 378 g/mol. The third-order valence-corrected chi connectivity index (χ3v) is 4.75. The van der Waals surface area contributed by atoms with E-state index in [4.69, 9.17) is 9.57 Å². The molecule has 2 rings (SSSR count). The SMILES string of the molecule is CC[C@@]1(C(=O)O)CC[C@@H](NOCc2ccccc2)CN1C(=O)OC(C)(C)C. The zero-order chi connectivity index (χ0) is 20.1. The van der Waals surface area contributed by atoms with Crippen molar-refractivity contribution in [3.63, 3.8) is 0 Å². The average molecular weight is 378 g/mol. The van der Waals surface area contributed by atoms with Crippen molar-refractivity contribution >= 4 is 12.1 Å². The van der Waals surface area contributed by atoms with Crippen molar-refractivity contribution in [2.75, 3.05) is 6.54 Å². The van der Waals surface area contributed by atoms with Crippen molar-refractivity contribution in [1.29, 1.82) is 0 Å². The maximum Gasteiger partial charge on any atom is 0.411 e. The van der Waals surface area contributed by atoms with Crippen LogP contribution in [0.15, 0.2) is 30.3 Å². The maximum absolute atomic E-state index is 12.7. The Morgan fingerprint density at radius 1 is 1.30 bits per heavy atom. The number of hydrogen-bond acceptors (Lipinski definition) is 5. The molecule has 1 heterocycles. The second-order valence-electron chi connectivity index (χ2n) is 7.91. The standard InChI is InChI=1S/C20H30N2O5/c1-5-20(17(23)24)12-11-16(13-22(20)18(25)27-19(2,3)4)21-26-14-15-9-7-6-8-10-15/h6-10,16,21H,5,11-14H2,1-4H3,(H,23,24)/t16-,20+/m1/s1. The lowest BCUT2D eigenvalue weighted by molar-refractivity contribution is -0.156. The van der Waals surface area contributed by atoms with Gasteiger partial charge in [-0.05, 0) is 45.6 Å². The molecule has 0 aliphatic carbocycles. The topological polar surface area (TPSA) is 88.1 Å². The van der Waals surface area contributed by atoms with Crippen LogP contribution in [0.3, 0.4) is 0 Å². The van der Waals surface area contributed by atoms with Crippen LogP contribution < -0.4 is 5.48 Å². The number of carboxylic acids is 1. The van der Waals surface area contributed by atoms with Crippen molar-refractivity contribution in [3.8, 4) is 0 Å². The summed E-state index contributed by atoms with van der Waals surface area (Å²) in [5, 5.41) is 9.82. The predicted molar refractivity (Wildman–Crippen MR) is 101 cm³/mol. The van der Waals surface area contributed by atoms with E-state index >= 15 is 0 Å². The summed E-state index contributed by atoms with van der Waals surface area (Å²) in [6.45, 7) is 7.68. The van der Waals surface area contributed by atoms with Crippen molar-refractivity contribution < 1.29 is 24.3 Å². The fourth-order valence-corrected chi connectivity index (χ4v) is 3.26. The Labute approximate surface area is 160 Å². The van der Waals surface area contributed by atoms with Gasteiger partial charge in [-0.15, -0.1) is 0 Å². The molecular weight excluding hydrogens is 348 g/mol. The van der Waals surface area contributed by atoms with E-state index in [0.717, 1.165) is 5.56 Å². The molecule has 27 heavy (non-hydrogen) atoms. The number of aliphatic carboxylic acids is 1. The Kier molecular flexibility index (Phi) is 6.84. The number of rotatable bonds is 6. The number of amides is 1. The zero-order valence-corrected chi connectivity index (χ0v) is 16.5. The molecule has 0 bridgehead atoms. The number of hydrogen-bond donors (Lipinski definition) is 2. The molecule has 1 aromatic carbocycles. The van der Waals surface area contributed by atoms with Crippen LogP contribution in [0.5, 0.6) is 0 Å². The molecule has 7 nitrogen and oxygen atoms in total. The highest BCUT2D eigenvalue weighted by molar-refractivity contribution is 5.84. The van der Waals surface area contributed by atoms with Gasteiger partial charge in [0.25, 0.3) is 0 Å². The third-order valence-electron chi connectivity index (χ3n) is 4.75. The van der Waals surface area contributed by atoms with Gasteiger partial charge in [0.05, 0.1) is 12.6 Å². The van der Waals surface area contributed by atoms with E-state index in [1.54, 1.807) is 27.7 Å². The van der Waals surface area contributed by atoms with Gasteiger partial charge in [-0.1, -0.05) is 37.3 Å². The van der Waals surface area contributed by atoms with Gasteiger partial charge in [0.2, 0.25) is 0 Å². The number of nitrogens with zero attached hydrogens (tertiary/aromatic N) is 1. The van der Waals surface area contributed by atoms with E-state index in [2.05, 4.69) is 5.48 Å². The molecule has 0 unspecified atom stereocenters. The molecule has 2 N–H and O–H groups in total. The van der Waals surface area contributed by atoms with Gasteiger partial charge in [0.1, 0.15) is 11.1 Å². The summed E-state index contributed by atoms with van der Waals surface area (Å²) in [6.07, 6.45) is 0.638. The second-order valence-corrected chi connectivity index (χ2v) is 7.91. The quantitative estimate of drug-likeness (QED) is 0.738. The smallest absolute Gasteiger partial charge is 0.411 e. The number of nitrogens with one attached hydrogen (secondary N) is 1. The summed E-state index contributed by atoms with van der Waals surface area (Å²) >= 11 is 0. The van der Waals surface area contributed by atoms with Crippen molar-refractivity contribution in [2.24, 2.45) is 0 Å². The highest BCUT2D eigenvalue weighted by atomic mass is 16.6. The molecule has 1 aliphatic heterocycles. The van der Waals surface area contributed by atoms with Gasteiger partial charge in [0, 0.05) is 6.54 Å². The van der Waals surface area contributed by atoms with E-state index in [1.165, 1.54) is 4.90 Å². The van der Waals surface area contributed by atoms with Crippen LogP contribution in [0.2, 0.25) is 0 Å². The molecule has 0 radical (unpaired) electrons. The maximum atomic E-state index is 12.7. The van der Waals surface area contributed by atoms with Crippen LogP contribution in [0.4, 0.5) is 4.79 Å². The summed E-state index contributed by atoms with van der Waals surface area (Å²) in [4.78, 5) is 31.6. The lowest BCUT2D eigenvalue weighted by Gasteiger charge is -2.46. The molecule has 1 amide bonds. The first kappa shape index (κ1) is 21.2. The van der Waals surface area contributed by atoms with Crippen LogP contribution in [0.1, 0.15) is 52.5 Å². The normalized spacial score (nSPS) is 23.1. The molecule has 0 aromatic heterocycles. The molecule has 1 aromatic rings. The zero-order valence-electron chi connectivity index (χ0n) is 16.5. The second kappa shape index (κ2) is 8.71. The van der Waals surface area contributed by atoms with Gasteiger partial charge >= 0.3 is 12.1 Å². The lowest BCUT2D eigenvalue weighted by atomic mass is 9.83. The van der Waals surface area contributed by atoms with Gasteiger partial charge in [-0.25, -0.2) is 9.59 Å². The van der Waals surface area contributed by atoms with Crippen LogP contribution in [-0.2, 0) is 21.0 Å². The fraction of sp³-hybridized carbons (Fsp3) is 0.600. The Hall–Kier alpha value is -2.12. The van der Waals surface area contributed by atoms with Gasteiger partial charge < -0.3 is 9.84 Å². The molecule has 7 heteroatoms. The number of carboxylic acid groups (broad SMARTS) is 1. The first-order valence-corrected chi connectivity index (χ1v) is 9.33. The van der Waals surface area contributed by atoms with Crippen molar-refractivity contribution in [3.05, 3.63) is 35.9 Å². The summed E-state index contributed by atoms with van der Waals surface area (Å²) in [5.74, 6) is -1.00. The van der Waals surface area contributed by atoms with Crippen LogP contribution in [0, 0.1) is 0 Å². The predicted octanol–water partition coefficient (Wildman–Crippen LogP) is 3.34. The Balaban J connectivity index is 2.05. The van der Waals surface area contributed by atoms with Gasteiger partial charge in [-0.2, -0.15) is 5.48 Å². The first-order chi connectivity index (χ1) is 12.7. The first-order valence-electron chi connectivity index (χ1n) is 9.33. The van der Waals surface area contributed by atoms with E-state index < -0.39 is 23.2 Å². The number of carbonyl (C=O) groups is 2. The Bertz CT molecular complexity index is 644. The van der Waals surface area contributed by atoms with E-state index in [-0.39, 0.29) is 12.6 Å². The number of piperidine rings is 1. The minimum absolute atomic E-state index is 0.166. The summed E-state index contributed by atoms with van der Waals surface area (Å²) in [5.41, 5.74) is 2.06. The van der Waals surface area contributed by atoms with Crippen molar-refractivity contribution in [2.45, 2.75) is 70.7 Å². The van der Waals surface area contributed by atoms with Gasteiger partial charge in [-0.3, -0.25) is 9.74 Å². The summed E-state index contributed by atoms with van der Waals surface area (Å²) in [6, 6.07) is 9.56. The molecule has 1 aliphatic rings. The molecular formula is C20H30N2O5. The van der Waals surface area contributed by atoms with E-state index in [0.29, 0.717) is 25.9 Å². The lowest BCUT2D eigenvalue weighted by Crippen LogP contribution is -2.64. The number of benzene rings is 1. The van der Waals surface area contributed by atoms with Crippen LogP contribution >= 0.6 is 0 Å². The number of hydroxylamine groups is 1. The van der Waals surface area contributed by atoms with Crippen molar-refractivity contribution in [1.82, 2.24) is 10.4 Å². The molecule has 2 atom stereocenters. The molecule has 1 fully saturated rings. The molecule has 0 saturated carbocycles. The summed E-state index contributed by atoms with van der Waals surface area (Å²) in [7, 11) is 0. The third kappa shape index (κ3) is 5.43. The number of likely N-dealkylation sites (tertiary alicyclic amines) is 1. The fourth-order valence-electron chi connectivity index (χ4n) is 3.26. The molecule has 150 valence electrons. The van der Waals surface area contributed by atoms with E-state index in [9.17, 15) is 14.7 Å². The van der Waals surface area contributed by atoms with Crippen LogP contribution in [0.25, 0.3) is 0 Å². The van der Waals surface area contributed by atoms with E-state index in [1.807, 2.05) is 30.3 Å². The Morgan fingerprint density at radius 2 is 1.96 bits per heavy atom. The largest absolute Gasteiger partial charge is 0.479 e. The molecule has 0 spiro atoms. The number of ether oxygens (including phenoxy) is 1. The highest BCUT2D eigenvalue weighted by Gasteiger charge is 2.50. The summed E-state index contributed by atoms with van der Waals surface area (Å²) < 4.78 is 5.46. The highest BCUT2D eigenvalue weighted by Crippen LogP contribution is 2.33. The Morgan fingerprint density at radius 3 is 2.52 bits per heavy atom. The number of carbonyl (C=O) groups excluding carboxylic acids is 1. The minimum atomic E-state index is -1.25. The van der Waals surface area contributed by atoms with Gasteiger partial charge in [0.15, 0.2) is 0 Å². The van der Waals surface area contributed by atoms with Crippen LogP contribution in [-0.4, -0.2) is 45.8 Å².